The van der Waals surface area contributed by atoms with Crippen molar-refractivity contribution in [3.05, 3.63) is 98.1 Å². The highest BCUT2D eigenvalue weighted by Gasteiger charge is 2.52. The van der Waals surface area contributed by atoms with Gasteiger partial charge in [0.1, 0.15) is 61.3 Å². The van der Waals surface area contributed by atoms with Gasteiger partial charge in [0, 0.05) is 121 Å². The second-order valence-electron chi connectivity index (χ2n) is 29.4. The van der Waals surface area contributed by atoms with Gasteiger partial charge >= 0.3 is 7.12 Å². The minimum Gasteiger partial charge on any atom is -0.399 e. The van der Waals surface area contributed by atoms with Crippen molar-refractivity contribution in [1.82, 2.24) is 73.8 Å². The lowest BCUT2D eigenvalue weighted by Gasteiger charge is -2.32. The number of nitriles is 2. The van der Waals surface area contributed by atoms with Gasteiger partial charge in [-0.25, -0.2) is 29.9 Å². The Morgan fingerprint density at radius 1 is 0.606 bits per heavy atom. The zero-order valence-corrected chi connectivity index (χ0v) is 61.5. The molecule has 3 aliphatic rings. The van der Waals surface area contributed by atoms with E-state index in [1.54, 1.807) is 31.2 Å². The molecule has 10 heterocycles. The van der Waals surface area contributed by atoms with Gasteiger partial charge in [-0.3, -0.25) is 14.9 Å². The molecule has 2 N–H and O–H groups in total. The molecule has 12 rings (SSSR count). The summed E-state index contributed by atoms with van der Waals surface area (Å²) in [5, 5.41) is 39.0. The van der Waals surface area contributed by atoms with Crippen LogP contribution in [0.1, 0.15) is 104 Å². The van der Waals surface area contributed by atoms with E-state index in [-0.39, 0.29) is 24.4 Å². The van der Waals surface area contributed by atoms with Crippen LogP contribution in [0.4, 0.5) is 0 Å². The third-order valence-corrected chi connectivity index (χ3v) is 23.1. The van der Waals surface area contributed by atoms with E-state index in [1.807, 2.05) is 101 Å². The van der Waals surface area contributed by atoms with Crippen LogP contribution in [0.25, 0.3) is 55.6 Å². The van der Waals surface area contributed by atoms with Crippen molar-refractivity contribution in [1.29, 1.82) is 10.5 Å². The van der Waals surface area contributed by atoms with Gasteiger partial charge in [0.2, 0.25) is 0 Å². The van der Waals surface area contributed by atoms with Gasteiger partial charge in [-0.05, 0) is 95.1 Å². The summed E-state index contributed by atoms with van der Waals surface area (Å²) >= 11 is 5.99. The summed E-state index contributed by atoms with van der Waals surface area (Å²) in [6, 6.07) is 14.2. The van der Waals surface area contributed by atoms with Crippen molar-refractivity contribution in [2.45, 2.75) is 213 Å². The molecule has 1 unspecified atom stereocenters. The van der Waals surface area contributed by atoms with Crippen LogP contribution in [0.3, 0.4) is 0 Å². The molecule has 0 radical (unpaired) electrons. The molecule has 94 heavy (non-hydrogen) atoms. The SMILES string of the molecule is CC1(C)OB(c2cn[nH]c2)OC1(C)C.C[Si](C)(C)CCOCn1ccc2c(-c3cn[nH]c3)ncnc21.C[Si](C)(C)CCOCn1ccc2c(-c3cnn(C(CC#N)C4CCCC4)c3)ncnc21.C[Si](C)(C)CCOCn1ccc2c(Cl)ncnc21.N#CCCC1CCCC1. The molecule has 1 atom stereocenters. The molecule has 0 spiro atoms. The van der Waals surface area contributed by atoms with Crippen LogP contribution in [0.5, 0.6) is 0 Å². The Morgan fingerprint density at radius 3 is 1.54 bits per heavy atom. The van der Waals surface area contributed by atoms with Crippen molar-refractivity contribution in [2.24, 2.45) is 11.8 Å². The summed E-state index contributed by atoms with van der Waals surface area (Å²) < 4.78 is 37.1. The molecule has 0 aromatic carbocycles. The van der Waals surface area contributed by atoms with E-state index in [9.17, 15) is 5.26 Å². The molecular weight excluding hydrogens is 1250 g/mol. The maximum Gasteiger partial charge on any atom is 0.498 e. The largest absolute Gasteiger partial charge is 0.498 e. The topological polar surface area (TPSA) is 261 Å². The van der Waals surface area contributed by atoms with Gasteiger partial charge in [0.05, 0.1) is 65.0 Å². The van der Waals surface area contributed by atoms with Crippen LogP contribution < -0.4 is 5.46 Å². The molecule has 22 nitrogen and oxygen atoms in total. The second-order valence-corrected chi connectivity index (χ2v) is 46.6. The smallest absolute Gasteiger partial charge is 0.399 e. The molecule has 2 aliphatic carbocycles. The molecule has 0 amide bonds. The first-order chi connectivity index (χ1) is 44.8. The van der Waals surface area contributed by atoms with E-state index in [2.05, 4.69) is 126 Å². The number of H-pyrrole nitrogens is 2. The van der Waals surface area contributed by atoms with Crippen LogP contribution in [-0.4, -0.2) is 136 Å². The number of fused-ring (bicyclic) bond motifs is 3. The average molecular weight is 1350 g/mol. The van der Waals surface area contributed by atoms with Crippen LogP contribution in [0.2, 0.25) is 82.2 Å². The Bertz CT molecular complexity index is 3810. The molecule has 2 saturated carbocycles. The fraction of sp³-hybridized carbons (Fsp3) is 0.567. The number of aromatic amines is 2. The number of nitrogens with zero attached hydrogens (tertiary/aromatic N) is 15. The Morgan fingerprint density at radius 2 is 1.07 bits per heavy atom. The molecule has 9 aromatic heterocycles. The summed E-state index contributed by atoms with van der Waals surface area (Å²) in [6.07, 6.45) is 34.5. The highest BCUT2D eigenvalue weighted by atomic mass is 35.5. The Labute approximate surface area is 563 Å². The summed E-state index contributed by atoms with van der Waals surface area (Å²) in [5.41, 5.74) is 6.64. The van der Waals surface area contributed by atoms with E-state index in [1.165, 1.54) is 69.8 Å². The zero-order chi connectivity index (χ0) is 67.5. The highest BCUT2D eigenvalue weighted by molar-refractivity contribution is 6.76. The predicted molar refractivity (Wildman–Crippen MR) is 381 cm³/mol. The first kappa shape index (κ1) is 73.1. The number of hydrogen-bond donors (Lipinski definition) is 2. The van der Waals surface area contributed by atoms with E-state index in [0.717, 1.165) is 106 Å². The van der Waals surface area contributed by atoms with Gasteiger partial charge in [0.25, 0.3) is 0 Å². The molecule has 0 bridgehead atoms. The molecule has 1 saturated heterocycles. The Hall–Kier alpha value is -6.72. The third-order valence-electron chi connectivity index (χ3n) is 17.7. The van der Waals surface area contributed by atoms with Crippen molar-refractivity contribution in [2.75, 3.05) is 19.8 Å². The molecule has 27 heteroatoms. The van der Waals surface area contributed by atoms with Gasteiger partial charge in [-0.2, -0.15) is 25.8 Å². The average Bonchev–Trinajstić information content (AvgIpc) is 1.65. The van der Waals surface area contributed by atoms with Crippen molar-refractivity contribution < 1.29 is 23.5 Å². The normalized spacial score (nSPS) is 16.0. The molecular formula is C67H99BClN17O5Si3. The first-order valence-corrected chi connectivity index (χ1v) is 44.7. The maximum atomic E-state index is 9.34. The molecule has 9 aromatic rings. The Balaban J connectivity index is 0.000000159. The van der Waals surface area contributed by atoms with E-state index in [4.69, 9.17) is 40.4 Å². The minimum absolute atomic E-state index is 0.142. The fourth-order valence-corrected chi connectivity index (χ4v) is 13.7. The van der Waals surface area contributed by atoms with Crippen LogP contribution >= 0.6 is 11.6 Å². The van der Waals surface area contributed by atoms with Gasteiger partial charge in [-0.15, -0.1) is 0 Å². The van der Waals surface area contributed by atoms with Crippen LogP contribution in [0, 0.1) is 34.5 Å². The van der Waals surface area contributed by atoms with Crippen LogP contribution in [0.15, 0.2) is 93.0 Å². The zero-order valence-electron chi connectivity index (χ0n) is 57.7. The van der Waals surface area contributed by atoms with Gasteiger partial charge in [0.15, 0.2) is 0 Å². The summed E-state index contributed by atoms with van der Waals surface area (Å²) in [7, 11) is -3.48. The summed E-state index contributed by atoms with van der Waals surface area (Å²) in [4.78, 5) is 26.0. The fourth-order valence-electron chi connectivity index (χ4n) is 11.2. The standard InChI is InChI=1S/C23H32N6OSi.C15H21N5OSi.C12H18ClN3OSi.C9H15BN2O2.C8H13N/c1-31(2,3)13-12-30-17-28-11-9-20-22(25-16-26-23(20)28)19-14-27-29(15-19)21(8-10-24)18-6-4-5-7-18;1-22(2,3)7-6-21-11-20-5-4-13-14(12-8-18-19-9-12)16-10-17-15(13)20;1-18(2,3)7-6-17-9-16-5-4-10-11(13)14-8-15-12(10)16;1-8(2)9(3,4)14-10(13-8)7-5-11-12-6-7;9-7-3-6-8-4-1-2-5-8/h9,11,14-16,18,21H,4-8,12-13,17H2,1-3H3;4-5,8-10H,6-7,11H2,1-3H3,(H,18,19);4-5,8H,6-7,9H2,1-3H3;5-6H,1-4H3,(H,11,12);8H,1-6H2. The number of ether oxygens (including phenoxy) is 3. The number of halogens is 1. The van der Waals surface area contributed by atoms with Crippen molar-refractivity contribution in [3.63, 3.8) is 0 Å². The van der Waals surface area contributed by atoms with Crippen LogP contribution in [-0.2, 0) is 43.7 Å². The molecule has 3 fully saturated rings. The van der Waals surface area contributed by atoms with Crippen molar-refractivity contribution >= 4 is 81.5 Å². The Kier molecular flexibility index (Phi) is 26.3. The highest BCUT2D eigenvalue weighted by Crippen LogP contribution is 2.38. The molecule has 504 valence electrons. The predicted octanol–water partition coefficient (Wildman–Crippen LogP) is 15.0. The lowest BCUT2D eigenvalue weighted by molar-refractivity contribution is 0.00578. The van der Waals surface area contributed by atoms with E-state index in [0.29, 0.717) is 37.7 Å². The van der Waals surface area contributed by atoms with E-state index >= 15 is 0 Å². The van der Waals surface area contributed by atoms with Crippen molar-refractivity contribution in [3.8, 4) is 34.7 Å². The van der Waals surface area contributed by atoms with E-state index < -0.39 is 24.2 Å². The van der Waals surface area contributed by atoms with Gasteiger partial charge in [-0.1, -0.05) is 109 Å². The second kappa shape index (κ2) is 33.8. The lowest BCUT2D eigenvalue weighted by atomic mass is 9.82. The van der Waals surface area contributed by atoms with Gasteiger partial charge < -0.3 is 37.2 Å². The summed E-state index contributed by atoms with van der Waals surface area (Å²) in [6.45, 7) is 33.2. The summed E-state index contributed by atoms with van der Waals surface area (Å²) in [5.74, 6) is 1.43. The first-order valence-electron chi connectivity index (χ1n) is 33.2. The number of aromatic nitrogens is 15. The number of nitrogens with one attached hydrogen (secondary N) is 2. The third kappa shape index (κ3) is 21.1. The number of rotatable bonds is 23. The maximum absolute atomic E-state index is 9.34. The minimum atomic E-state index is -1.10. The lowest BCUT2D eigenvalue weighted by Crippen LogP contribution is -2.41. The quantitative estimate of drug-likeness (QED) is 0.0342. The molecule has 1 aliphatic heterocycles. The number of hydrogen-bond acceptors (Lipinski definition) is 16. The monoisotopic (exact) mass is 1350 g/mol.